The molecule has 0 atom stereocenters. The molecule has 150 valence electrons. The van der Waals surface area contributed by atoms with Crippen LogP contribution in [0.3, 0.4) is 0 Å². The van der Waals surface area contributed by atoms with Crippen LogP contribution in [0.1, 0.15) is 11.1 Å². The quantitative estimate of drug-likeness (QED) is 0.591. The van der Waals surface area contributed by atoms with Crippen LogP contribution >= 0.6 is 0 Å². The number of likely N-dealkylation sites (N-methyl/N-ethyl adjacent to an activating group) is 1. The summed E-state index contributed by atoms with van der Waals surface area (Å²) in [5.74, 6) is -2.56. The predicted molar refractivity (Wildman–Crippen MR) is 82.3 cm³/mol. The Morgan fingerprint density at radius 1 is 0.852 bits per heavy atom. The number of carbonyl (C=O) groups is 2. The third kappa shape index (κ3) is 5.82. The van der Waals surface area contributed by atoms with E-state index in [2.05, 4.69) is 5.43 Å². The van der Waals surface area contributed by atoms with Crippen molar-refractivity contribution in [3.8, 4) is 0 Å². The van der Waals surface area contributed by atoms with E-state index in [-0.39, 0.29) is 6.07 Å². The maximum Gasteiger partial charge on any atom is 0.416 e. The van der Waals surface area contributed by atoms with Gasteiger partial charge in [-0.2, -0.15) is 26.3 Å². The van der Waals surface area contributed by atoms with Gasteiger partial charge in [0.2, 0.25) is 0 Å². The molecule has 12 heteroatoms. The van der Waals surface area contributed by atoms with Crippen molar-refractivity contribution in [2.24, 2.45) is 0 Å². The minimum absolute atomic E-state index is 0.0695. The van der Waals surface area contributed by atoms with Crippen molar-refractivity contribution >= 4 is 17.5 Å². The van der Waals surface area contributed by atoms with Gasteiger partial charge in [0, 0.05) is 31.9 Å². The highest BCUT2D eigenvalue weighted by atomic mass is 19.4. The molecule has 0 spiro atoms. The van der Waals surface area contributed by atoms with Crippen molar-refractivity contribution in [1.29, 1.82) is 0 Å². The molecule has 0 unspecified atom stereocenters. The largest absolute Gasteiger partial charge is 0.416 e. The van der Waals surface area contributed by atoms with Gasteiger partial charge in [-0.1, -0.05) is 0 Å². The Balaban J connectivity index is 2.13. The summed E-state index contributed by atoms with van der Waals surface area (Å²) in [4.78, 5) is 25.7. The fourth-order valence-electron chi connectivity index (χ4n) is 2.33. The molecule has 6 nitrogen and oxygen atoms in total. The van der Waals surface area contributed by atoms with Crippen LogP contribution in [0.15, 0.2) is 18.2 Å². The number of nitrogens with one attached hydrogen (secondary N) is 2. The first-order valence-corrected chi connectivity index (χ1v) is 7.71. The first-order chi connectivity index (χ1) is 12.4. The summed E-state index contributed by atoms with van der Waals surface area (Å²) >= 11 is 0. The lowest BCUT2D eigenvalue weighted by atomic mass is 10.1. The molecule has 0 bridgehead atoms. The lowest BCUT2D eigenvalue weighted by Crippen LogP contribution is -2.54. The van der Waals surface area contributed by atoms with Gasteiger partial charge in [-0.15, -0.1) is 0 Å². The summed E-state index contributed by atoms with van der Waals surface area (Å²) < 4.78 is 76.8. The zero-order chi connectivity index (χ0) is 20.4. The molecule has 1 aromatic rings. The monoisotopic (exact) mass is 398 g/mol. The van der Waals surface area contributed by atoms with E-state index in [1.807, 2.05) is 11.9 Å². The van der Waals surface area contributed by atoms with Crippen LogP contribution in [0.5, 0.6) is 0 Å². The van der Waals surface area contributed by atoms with E-state index in [0.29, 0.717) is 38.3 Å². The third-order valence-corrected chi connectivity index (χ3v) is 3.81. The second-order valence-corrected chi connectivity index (χ2v) is 5.98. The molecule has 1 aromatic carbocycles. The van der Waals surface area contributed by atoms with E-state index in [4.69, 9.17) is 0 Å². The molecule has 0 saturated carbocycles. The molecule has 27 heavy (non-hydrogen) atoms. The molecule has 0 aliphatic carbocycles. The SMILES string of the molecule is CN1CCN(NC(=O)C(=O)Nc2cc(C(F)(F)F)cc(C(F)(F)F)c2)CC1. The molecule has 2 amide bonds. The highest BCUT2D eigenvalue weighted by molar-refractivity contribution is 6.39. The normalized spacial score (nSPS) is 16.9. The van der Waals surface area contributed by atoms with Crippen LogP contribution in [-0.2, 0) is 21.9 Å². The zero-order valence-electron chi connectivity index (χ0n) is 14.0. The Morgan fingerprint density at radius 2 is 1.33 bits per heavy atom. The van der Waals surface area contributed by atoms with Gasteiger partial charge >= 0.3 is 24.2 Å². The van der Waals surface area contributed by atoms with Crippen LogP contribution in [0.25, 0.3) is 0 Å². The minimum atomic E-state index is -5.05. The number of anilines is 1. The fourth-order valence-corrected chi connectivity index (χ4v) is 2.33. The molecule has 1 heterocycles. The molecule has 1 saturated heterocycles. The summed E-state index contributed by atoms with van der Waals surface area (Å²) in [5, 5.41) is 3.22. The van der Waals surface area contributed by atoms with E-state index in [1.165, 1.54) is 5.01 Å². The number of hydrogen-bond donors (Lipinski definition) is 2. The molecule has 2 rings (SSSR count). The number of piperazine rings is 1. The number of benzene rings is 1. The van der Waals surface area contributed by atoms with Crippen molar-refractivity contribution in [1.82, 2.24) is 15.3 Å². The number of alkyl halides is 6. The molecule has 1 aliphatic rings. The summed E-state index contributed by atoms with van der Waals surface area (Å²) in [6, 6.07) is 0.590. The summed E-state index contributed by atoms with van der Waals surface area (Å²) in [5.41, 5.74) is -1.70. The highest BCUT2D eigenvalue weighted by Gasteiger charge is 2.37. The molecule has 1 aliphatic heterocycles. The molecule has 2 N–H and O–H groups in total. The van der Waals surface area contributed by atoms with Crippen molar-refractivity contribution in [2.45, 2.75) is 12.4 Å². The van der Waals surface area contributed by atoms with Crippen LogP contribution in [-0.4, -0.2) is 54.9 Å². The Hall–Kier alpha value is -2.34. The van der Waals surface area contributed by atoms with E-state index >= 15 is 0 Å². The smallest absolute Gasteiger partial charge is 0.318 e. The van der Waals surface area contributed by atoms with E-state index < -0.39 is 41.0 Å². The van der Waals surface area contributed by atoms with Gasteiger partial charge < -0.3 is 10.2 Å². The van der Waals surface area contributed by atoms with Crippen molar-refractivity contribution in [3.63, 3.8) is 0 Å². The van der Waals surface area contributed by atoms with Gasteiger partial charge in [-0.05, 0) is 25.2 Å². The van der Waals surface area contributed by atoms with Crippen LogP contribution in [0, 0.1) is 0 Å². The lowest BCUT2D eigenvalue weighted by molar-refractivity contribution is -0.143. The number of halogens is 6. The zero-order valence-corrected chi connectivity index (χ0v) is 14.0. The van der Waals surface area contributed by atoms with Gasteiger partial charge in [0.15, 0.2) is 0 Å². The Kier molecular flexibility index (Phi) is 6.00. The molecule has 0 radical (unpaired) electrons. The molecular formula is C15H16F6N4O2. The lowest BCUT2D eigenvalue weighted by Gasteiger charge is -2.32. The standard InChI is InChI=1S/C15H16F6N4O2/c1-24-2-4-25(5-3-24)23-13(27)12(26)22-11-7-9(14(16,17)18)6-10(8-11)15(19,20)21/h6-8H,2-5H2,1H3,(H,22,26)(H,23,27). The Labute approximate surface area is 150 Å². The van der Waals surface area contributed by atoms with Crippen molar-refractivity contribution < 1.29 is 35.9 Å². The van der Waals surface area contributed by atoms with Gasteiger partial charge in [0.05, 0.1) is 11.1 Å². The third-order valence-electron chi connectivity index (χ3n) is 3.81. The summed E-state index contributed by atoms with van der Waals surface area (Å²) in [7, 11) is 1.86. The molecular weight excluding hydrogens is 382 g/mol. The predicted octanol–water partition coefficient (Wildman–Crippen LogP) is 1.94. The first-order valence-electron chi connectivity index (χ1n) is 7.71. The van der Waals surface area contributed by atoms with Crippen molar-refractivity contribution in [3.05, 3.63) is 29.3 Å². The number of nitrogens with zero attached hydrogens (tertiary/aromatic N) is 2. The topological polar surface area (TPSA) is 64.7 Å². The summed E-state index contributed by atoms with van der Waals surface area (Å²) in [6.07, 6.45) is -10.1. The Morgan fingerprint density at radius 3 is 1.78 bits per heavy atom. The minimum Gasteiger partial charge on any atom is -0.318 e. The van der Waals surface area contributed by atoms with E-state index in [9.17, 15) is 35.9 Å². The first kappa shape index (κ1) is 21.0. The average Bonchev–Trinajstić information content (AvgIpc) is 2.55. The second kappa shape index (κ2) is 7.72. The van der Waals surface area contributed by atoms with Crippen LogP contribution < -0.4 is 10.7 Å². The van der Waals surface area contributed by atoms with Gasteiger partial charge in [0.1, 0.15) is 0 Å². The maximum absolute atomic E-state index is 12.8. The van der Waals surface area contributed by atoms with Crippen molar-refractivity contribution in [2.75, 3.05) is 38.5 Å². The molecule has 0 aromatic heterocycles. The number of rotatable bonds is 2. The van der Waals surface area contributed by atoms with E-state index in [1.54, 1.807) is 5.32 Å². The number of carbonyl (C=O) groups excluding carboxylic acids is 2. The second-order valence-electron chi connectivity index (χ2n) is 5.98. The Bertz CT molecular complexity index is 679. The number of hydrazine groups is 1. The number of hydrogen-bond acceptors (Lipinski definition) is 4. The fraction of sp³-hybridized carbons (Fsp3) is 0.467. The van der Waals surface area contributed by atoms with Gasteiger partial charge in [-0.3, -0.25) is 15.0 Å². The van der Waals surface area contributed by atoms with Crippen LogP contribution in [0.4, 0.5) is 32.0 Å². The van der Waals surface area contributed by atoms with E-state index in [0.717, 1.165) is 0 Å². The average molecular weight is 398 g/mol. The number of amides is 2. The highest BCUT2D eigenvalue weighted by Crippen LogP contribution is 2.37. The van der Waals surface area contributed by atoms with Gasteiger partial charge in [-0.25, -0.2) is 5.01 Å². The summed E-state index contributed by atoms with van der Waals surface area (Å²) in [6.45, 7) is 2.06. The molecule has 1 fully saturated rings. The van der Waals surface area contributed by atoms with Crippen LogP contribution in [0.2, 0.25) is 0 Å². The van der Waals surface area contributed by atoms with Gasteiger partial charge in [0.25, 0.3) is 0 Å². The maximum atomic E-state index is 12.8.